The summed E-state index contributed by atoms with van der Waals surface area (Å²) >= 11 is 0. The molecule has 45 heavy (non-hydrogen) atoms. The minimum absolute atomic E-state index is 0.0106. The maximum atomic E-state index is 14.3. The molecule has 1 aliphatic carbocycles. The molecule has 2 fully saturated rings. The Balaban J connectivity index is 1.08. The highest BCUT2D eigenvalue weighted by Gasteiger charge is 2.43. The van der Waals surface area contributed by atoms with Crippen LogP contribution in [-0.4, -0.2) is 60.8 Å². The highest BCUT2D eigenvalue weighted by atomic mass is 19.1. The van der Waals surface area contributed by atoms with E-state index in [-0.39, 0.29) is 23.8 Å². The van der Waals surface area contributed by atoms with Crippen molar-refractivity contribution in [2.45, 2.75) is 51.5 Å². The van der Waals surface area contributed by atoms with Gasteiger partial charge in [-0.25, -0.2) is 14.2 Å². The van der Waals surface area contributed by atoms with E-state index in [0.717, 1.165) is 54.3 Å². The summed E-state index contributed by atoms with van der Waals surface area (Å²) in [4.78, 5) is 26.2. The Morgan fingerprint density at radius 3 is 2.69 bits per heavy atom. The van der Waals surface area contributed by atoms with E-state index in [0.29, 0.717) is 36.3 Å². The first-order valence-corrected chi connectivity index (χ1v) is 14.8. The van der Waals surface area contributed by atoms with Crippen LogP contribution >= 0.6 is 0 Å². The standard InChI is InChI=1S/C33H30FN7O4/c1-20-13-24(38-45-20)17-41-29-15-22(33(42)43)7-8-26(29)36-31(41)18-39-11-12-40(28-10-9-27(28)39)30-3-2-4-32(37-30)44-19-23-6-5-21(16-35)14-25(23)34/h2-8,13-15,27-28H,9-12,17-19H2,1H3,(H,42,43)/t27-,28+/m0/s1. The van der Waals surface area contributed by atoms with Crippen molar-refractivity contribution in [3.8, 4) is 11.9 Å². The highest BCUT2D eigenvalue weighted by Crippen LogP contribution is 2.37. The van der Waals surface area contributed by atoms with Gasteiger partial charge in [0, 0.05) is 42.9 Å². The number of rotatable bonds is 9. The third kappa shape index (κ3) is 5.58. The number of nitriles is 1. The van der Waals surface area contributed by atoms with Gasteiger partial charge in [-0.15, -0.1) is 0 Å². The summed E-state index contributed by atoms with van der Waals surface area (Å²) in [6.45, 7) is 4.43. The van der Waals surface area contributed by atoms with Gasteiger partial charge in [-0.3, -0.25) is 4.90 Å². The van der Waals surface area contributed by atoms with Crippen LogP contribution in [0, 0.1) is 24.1 Å². The second-order valence-corrected chi connectivity index (χ2v) is 11.5. The van der Waals surface area contributed by atoms with Gasteiger partial charge >= 0.3 is 5.97 Å². The molecule has 11 nitrogen and oxygen atoms in total. The van der Waals surface area contributed by atoms with Crippen LogP contribution in [0.1, 0.15) is 51.6 Å². The van der Waals surface area contributed by atoms with E-state index in [2.05, 4.69) is 15.0 Å². The van der Waals surface area contributed by atoms with Gasteiger partial charge in [-0.05, 0) is 56.2 Å². The van der Waals surface area contributed by atoms with Gasteiger partial charge in [0.1, 0.15) is 35.5 Å². The van der Waals surface area contributed by atoms with Crippen molar-refractivity contribution in [3.05, 3.63) is 100 Å². The summed E-state index contributed by atoms with van der Waals surface area (Å²) in [5.74, 6) is 1.31. The number of pyridine rings is 1. The first-order valence-electron chi connectivity index (χ1n) is 14.8. The number of aromatic nitrogens is 4. The number of halogens is 1. The number of benzene rings is 2. The zero-order valence-corrected chi connectivity index (χ0v) is 24.6. The first-order chi connectivity index (χ1) is 21.9. The van der Waals surface area contributed by atoms with Crippen LogP contribution in [0.3, 0.4) is 0 Å². The zero-order valence-electron chi connectivity index (χ0n) is 24.6. The summed E-state index contributed by atoms with van der Waals surface area (Å²) in [6.07, 6.45) is 2.07. The van der Waals surface area contributed by atoms with E-state index in [1.54, 1.807) is 36.4 Å². The van der Waals surface area contributed by atoms with Crippen LogP contribution in [0.25, 0.3) is 11.0 Å². The van der Waals surface area contributed by atoms with Crippen LogP contribution in [0.5, 0.6) is 5.88 Å². The van der Waals surface area contributed by atoms with Gasteiger partial charge in [0.2, 0.25) is 5.88 Å². The van der Waals surface area contributed by atoms with Gasteiger partial charge in [0.25, 0.3) is 0 Å². The minimum atomic E-state index is -0.985. The summed E-state index contributed by atoms with van der Waals surface area (Å²) in [7, 11) is 0. The highest BCUT2D eigenvalue weighted by molar-refractivity contribution is 5.92. The molecule has 1 N–H and O–H groups in total. The fourth-order valence-corrected chi connectivity index (χ4v) is 6.27. The SMILES string of the molecule is Cc1cc(Cn2c(CN3CCN(c4cccc(OCc5ccc(C#N)cc5F)n4)[C@@H]4CC[C@@H]43)nc3ccc(C(=O)O)cc32)no1. The number of hydrogen-bond donors (Lipinski definition) is 1. The number of anilines is 1. The summed E-state index contributed by atoms with van der Waals surface area (Å²) < 4.78 is 27.5. The van der Waals surface area contributed by atoms with Crippen LogP contribution < -0.4 is 9.64 Å². The van der Waals surface area contributed by atoms with E-state index >= 15 is 0 Å². The third-order valence-corrected chi connectivity index (χ3v) is 8.68. The predicted octanol–water partition coefficient (Wildman–Crippen LogP) is 4.92. The molecular weight excluding hydrogens is 577 g/mol. The van der Waals surface area contributed by atoms with E-state index in [4.69, 9.17) is 24.5 Å². The predicted molar refractivity (Wildman–Crippen MR) is 161 cm³/mol. The van der Waals surface area contributed by atoms with E-state index in [9.17, 15) is 14.3 Å². The molecule has 5 aromatic rings. The van der Waals surface area contributed by atoms with Crippen molar-refractivity contribution in [3.63, 3.8) is 0 Å². The smallest absolute Gasteiger partial charge is 0.335 e. The number of carbonyl (C=O) groups is 1. The van der Waals surface area contributed by atoms with Crippen molar-refractivity contribution in [2.24, 2.45) is 0 Å². The normalized spacial score (nSPS) is 17.9. The lowest BCUT2D eigenvalue weighted by molar-refractivity contribution is 0.0624. The average molecular weight is 608 g/mol. The monoisotopic (exact) mass is 607 g/mol. The fraction of sp³-hybridized carbons (Fsp3) is 0.303. The molecule has 2 aromatic carbocycles. The molecule has 4 heterocycles. The van der Waals surface area contributed by atoms with Gasteiger partial charge in [0.15, 0.2) is 0 Å². The molecule has 3 aromatic heterocycles. The molecule has 1 saturated heterocycles. The molecule has 1 saturated carbocycles. The lowest BCUT2D eigenvalue weighted by atomic mass is 9.81. The number of fused-ring (bicyclic) bond motifs is 2. The average Bonchev–Trinajstić information content (AvgIpc) is 3.59. The molecule has 2 atom stereocenters. The fourth-order valence-electron chi connectivity index (χ4n) is 6.27. The van der Waals surface area contributed by atoms with Crippen molar-refractivity contribution < 1.29 is 23.6 Å². The molecule has 0 unspecified atom stereocenters. The molecule has 12 heteroatoms. The van der Waals surface area contributed by atoms with Gasteiger partial charge in [0.05, 0.1) is 41.3 Å². The number of piperazine rings is 1. The number of hydrogen-bond acceptors (Lipinski definition) is 9. The molecule has 0 bridgehead atoms. The summed E-state index contributed by atoms with van der Waals surface area (Å²) in [5, 5.41) is 22.8. The Hall–Kier alpha value is -5.28. The van der Waals surface area contributed by atoms with Crippen LogP contribution in [0.2, 0.25) is 0 Å². The Bertz CT molecular complexity index is 1950. The second kappa shape index (κ2) is 11.7. The lowest BCUT2D eigenvalue weighted by Gasteiger charge is -2.54. The third-order valence-electron chi connectivity index (χ3n) is 8.68. The van der Waals surface area contributed by atoms with Gasteiger partial charge < -0.3 is 23.8 Å². The van der Waals surface area contributed by atoms with Crippen LogP contribution in [0.15, 0.2) is 65.2 Å². The lowest BCUT2D eigenvalue weighted by Crippen LogP contribution is -2.64. The molecule has 1 aliphatic heterocycles. The molecule has 0 amide bonds. The van der Waals surface area contributed by atoms with E-state index < -0.39 is 11.8 Å². The number of ether oxygens (including phenoxy) is 1. The molecular formula is C33H30FN7O4. The number of aryl methyl sites for hydroxylation is 1. The van der Waals surface area contributed by atoms with Gasteiger partial charge in [-0.2, -0.15) is 10.2 Å². The Labute approximate surface area is 258 Å². The van der Waals surface area contributed by atoms with Crippen molar-refractivity contribution in [1.29, 1.82) is 5.26 Å². The van der Waals surface area contributed by atoms with Crippen molar-refractivity contribution in [2.75, 3.05) is 18.0 Å². The quantitative estimate of drug-likeness (QED) is 0.246. The maximum Gasteiger partial charge on any atom is 0.335 e. The number of nitrogens with zero attached hydrogens (tertiary/aromatic N) is 7. The Morgan fingerprint density at radius 1 is 1.09 bits per heavy atom. The topological polar surface area (TPSA) is 134 Å². The summed E-state index contributed by atoms with van der Waals surface area (Å²) in [5.41, 5.74) is 3.06. The second-order valence-electron chi connectivity index (χ2n) is 11.5. The van der Waals surface area contributed by atoms with Crippen molar-refractivity contribution in [1.82, 2.24) is 24.6 Å². The van der Waals surface area contributed by atoms with Gasteiger partial charge in [-0.1, -0.05) is 17.3 Å². The molecule has 7 rings (SSSR count). The largest absolute Gasteiger partial charge is 0.478 e. The molecule has 0 spiro atoms. The molecule has 0 radical (unpaired) electrons. The number of carboxylic acid groups (broad SMARTS) is 1. The zero-order chi connectivity index (χ0) is 31.1. The van der Waals surface area contributed by atoms with Crippen LogP contribution in [-0.2, 0) is 19.7 Å². The maximum absolute atomic E-state index is 14.3. The first kappa shape index (κ1) is 28.5. The molecule has 2 aliphatic rings. The minimum Gasteiger partial charge on any atom is -0.478 e. The Morgan fingerprint density at radius 2 is 1.96 bits per heavy atom. The number of imidazole rings is 1. The summed E-state index contributed by atoms with van der Waals surface area (Å²) in [6, 6.07) is 19.4. The number of carboxylic acids is 1. The molecule has 228 valence electrons. The number of aromatic carboxylic acids is 1. The van der Waals surface area contributed by atoms with Crippen molar-refractivity contribution >= 4 is 22.8 Å². The van der Waals surface area contributed by atoms with E-state index in [1.807, 2.05) is 35.8 Å². The van der Waals surface area contributed by atoms with Crippen LogP contribution in [0.4, 0.5) is 10.2 Å². The van der Waals surface area contributed by atoms with E-state index in [1.165, 1.54) is 6.07 Å². The Kier molecular flexibility index (Phi) is 7.39.